The minimum absolute atomic E-state index is 0.282. The molecule has 1 unspecified atom stereocenters. The summed E-state index contributed by atoms with van der Waals surface area (Å²) in [6, 6.07) is 0. The Labute approximate surface area is 106 Å². The third-order valence-corrected chi connectivity index (χ3v) is 4.00. The second-order valence-electron chi connectivity index (χ2n) is 6.47. The van der Waals surface area contributed by atoms with Crippen molar-refractivity contribution in [2.45, 2.75) is 51.7 Å². The lowest BCUT2D eigenvalue weighted by Crippen LogP contribution is -2.54. The highest BCUT2D eigenvalue weighted by molar-refractivity contribution is 4.83. The summed E-state index contributed by atoms with van der Waals surface area (Å²) in [5, 5.41) is 0. The normalized spacial score (nSPS) is 29.5. The van der Waals surface area contributed by atoms with Crippen LogP contribution in [0.3, 0.4) is 0 Å². The molecule has 0 aliphatic carbocycles. The molecule has 0 spiro atoms. The van der Waals surface area contributed by atoms with Crippen molar-refractivity contribution in [3.05, 3.63) is 0 Å². The van der Waals surface area contributed by atoms with E-state index in [-0.39, 0.29) is 5.54 Å². The molecule has 0 aromatic rings. The van der Waals surface area contributed by atoms with Gasteiger partial charge in [0, 0.05) is 25.2 Å². The van der Waals surface area contributed by atoms with Gasteiger partial charge in [-0.15, -0.1) is 0 Å². The van der Waals surface area contributed by atoms with Gasteiger partial charge >= 0.3 is 0 Å². The van der Waals surface area contributed by atoms with Crippen LogP contribution in [0.2, 0.25) is 0 Å². The lowest BCUT2D eigenvalue weighted by atomic mass is 10.0. The lowest BCUT2D eigenvalue weighted by molar-refractivity contribution is -0.0703. The smallest absolute Gasteiger partial charge is 0.0829 e. The largest absolute Gasteiger partial charge is 0.374 e. The minimum atomic E-state index is 0.282. The van der Waals surface area contributed by atoms with Gasteiger partial charge in [0.1, 0.15) is 0 Å². The highest BCUT2D eigenvalue weighted by atomic mass is 16.5. The first-order chi connectivity index (χ1) is 8.05. The van der Waals surface area contributed by atoms with Crippen LogP contribution in [0.25, 0.3) is 0 Å². The van der Waals surface area contributed by atoms with Crippen molar-refractivity contribution in [1.82, 2.24) is 9.80 Å². The Bertz CT molecular complexity index is 231. The zero-order chi connectivity index (χ0) is 12.3. The number of likely N-dealkylation sites (tertiary alicyclic amines) is 1. The molecule has 0 N–H and O–H groups in total. The van der Waals surface area contributed by atoms with Crippen LogP contribution in [0.4, 0.5) is 0 Å². The molecule has 3 heteroatoms. The SMILES string of the molecule is CC(C)(C)N1CCOC(CN2CCCCC2)C1. The maximum atomic E-state index is 5.92. The molecule has 0 saturated carbocycles. The van der Waals surface area contributed by atoms with Gasteiger partial charge in [-0.1, -0.05) is 6.42 Å². The van der Waals surface area contributed by atoms with E-state index >= 15 is 0 Å². The van der Waals surface area contributed by atoms with E-state index in [2.05, 4.69) is 30.6 Å². The summed E-state index contributed by atoms with van der Waals surface area (Å²) in [4.78, 5) is 5.14. The van der Waals surface area contributed by atoms with Gasteiger partial charge in [-0.05, 0) is 46.7 Å². The number of piperidine rings is 1. The molecule has 2 aliphatic heterocycles. The van der Waals surface area contributed by atoms with E-state index in [0.29, 0.717) is 6.10 Å². The molecule has 2 saturated heterocycles. The highest BCUT2D eigenvalue weighted by Gasteiger charge is 2.29. The summed E-state index contributed by atoms with van der Waals surface area (Å²) in [5.74, 6) is 0. The van der Waals surface area contributed by atoms with Crippen molar-refractivity contribution in [3.8, 4) is 0 Å². The van der Waals surface area contributed by atoms with E-state index in [1.165, 1.54) is 32.4 Å². The van der Waals surface area contributed by atoms with E-state index in [0.717, 1.165) is 26.2 Å². The molecule has 3 nitrogen and oxygen atoms in total. The standard InChI is InChI=1S/C14H28N2O/c1-14(2,3)16-9-10-17-13(12-16)11-15-7-5-4-6-8-15/h13H,4-12H2,1-3H3. The fourth-order valence-electron chi connectivity index (χ4n) is 2.87. The summed E-state index contributed by atoms with van der Waals surface area (Å²) in [6.45, 7) is 13.7. The molecule has 0 bridgehead atoms. The average molecular weight is 240 g/mol. The van der Waals surface area contributed by atoms with Crippen LogP contribution in [-0.2, 0) is 4.74 Å². The van der Waals surface area contributed by atoms with Crippen LogP contribution in [0.15, 0.2) is 0 Å². The Morgan fingerprint density at radius 3 is 2.41 bits per heavy atom. The molecule has 2 heterocycles. The first-order valence-electron chi connectivity index (χ1n) is 7.15. The quantitative estimate of drug-likeness (QED) is 0.734. The van der Waals surface area contributed by atoms with Crippen molar-refractivity contribution < 1.29 is 4.74 Å². The number of ether oxygens (including phenoxy) is 1. The summed E-state index contributed by atoms with van der Waals surface area (Å²) in [6.07, 6.45) is 4.57. The fourth-order valence-corrected chi connectivity index (χ4v) is 2.87. The lowest BCUT2D eigenvalue weighted by Gasteiger charge is -2.43. The average Bonchev–Trinajstić information content (AvgIpc) is 2.29. The van der Waals surface area contributed by atoms with Crippen molar-refractivity contribution in [1.29, 1.82) is 0 Å². The predicted octanol–water partition coefficient (Wildman–Crippen LogP) is 1.97. The van der Waals surface area contributed by atoms with Gasteiger partial charge in [-0.3, -0.25) is 4.90 Å². The number of hydrogen-bond acceptors (Lipinski definition) is 3. The zero-order valence-electron chi connectivity index (χ0n) is 11.7. The van der Waals surface area contributed by atoms with E-state index in [1.807, 2.05) is 0 Å². The monoisotopic (exact) mass is 240 g/mol. The van der Waals surface area contributed by atoms with E-state index in [9.17, 15) is 0 Å². The molecule has 0 aromatic carbocycles. The van der Waals surface area contributed by atoms with Gasteiger partial charge in [0.25, 0.3) is 0 Å². The molecule has 2 fully saturated rings. The molecule has 1 atom stereocenters. The summed E-state index contributed by atoms with van der Waals surface area (Å²) >= 11 is 0. The molecule has 0 amide bonds. The van der Waals surface area contributed by atoms with Gasteiger partial charge in [0.05, 0.1) is 12.7 Å². The Morgan fingerprint density at radius 2 is 1.76 bits per heavy atom. The number of hydrogen-bond donors (Lipinski definition) is 0. The molecule has 0 radical (unpaired) electrons. The number of nitrogens with zero attached hydrogens (tertiary/aromatic N) is 2. The Hall–Kier alpha value is -0.120. The Kier molecular flexibility index (Phi) is 4.45. The molecule has 2 rings (SSSR count). The third-order valence-electron chi connectivity index (χ3n) is 4.00. The maximum absolute atomic E-state index is 5.92. The highest BCUT2D eigenvalue weighted by Crippen LogP contribution is 2.19. The van der Waals surface area contributed by atoms with Crippen molar-refractivity contribution in [2.24, 2.45) is 0 Å². The van der Waals surface area contributed by atoms with Gasteiger partial charge in [0.2, 0.25) is 0 Å². The summed E-state index contributed by atoms with van der Waals surface area (Å²) in [5.41, 5.74) is 0.282. The topological polar surface area (TPSA) is 15.7 Å². The first-order valence-corrected chi connectivity index (χ1v) is 7.15. The van der Waals surface area contributed by atoms with E-state index in [4.69, 9.17) is 4.74 Å². The zero-order valence-corrected chi connectivity index (χ0v) is 11.7. The molecule has 0 aromatic heterocycles. The van der Waals surface area contributed by atoms with Crippen LogP contribution < -0.4 is 0 Å². The van der Waals surface area contributed by atoms with E-state index < -0.39 is 0 Å². The van der Waals surface area contributed by atoms with Gasteiger partial charge < -0.3 is 9.64 Å². The molecule has 2 aliphatic rings. The van der Waals surface area contributed by atoms with Crippen molar-refractivity contribution in [2.75, 3.05) is 39.3 Å². The second kappa shape index (κ2) is 5.68. The Morgan fingerprint density at radius 1 is 1.06 bits per heavy atom. The second-order valence-corrected chi connectivity index (χ2v) is 6.47. The van der Waals surface area contributed by atoms with Gasteiger partial charge in [0.15, 0.2) is 0 Å². The van der Waals surface area contributed by atoms with Gasteiger partial charge in [-0.2, -0.15) is 0 Å². The molecule has 100 valence electrons. The van der Waals surface area contributed by atoms with Crippen LogP contribution in [0.1, 0.15) is 40.0 Å². The predicted molar refractivity (Wildman–Crippen MR) is 71.4 cm³/mol. The summed E-state index contributed by atoms with van der Waals surface area (Å²) < 4.78 is 5.92. The molecular formula is C14H28N2O. The first kappa shape index (κ1) is 13.3. The third kappa shape index (κ3) is 3.94. The number of rotatable bonds is 2. The number of morpholine rings is 1. The maximum Gasteiger partial charge on any atom is 0.0829 e. The van der Waals surface area contributed by atoms with Crippen LogP contribution in [-0.4, -0.2) is 60.8 Å². The molecular weight excluding hydrogens is 212 g/mol. The minimum Gasteiger partial charge on any atom is -0.374 e. The van der Waals surface area contributed by atoms with Crippen LogP contribution in [0.5, 0.6) is 0 Å². The van der Waals surface area contributed by atoms with E-state index in [1.54, 1.807) is 0 Å². The van der Waals surface area contributed by atoms with Crippen LogP contribution in [0, 0.1) is 0 Å². The van der Waals surface area contributed by atoms with Gasteiger partial charge in [-0.25, -0.2) is 0 Å². The summed E-state index contributed by atoms with van der Waals surface area (Å²) in [7, 11) is 0. The van der Waals surface area contributed by atoms with Crippen molar-refractivity contribution in [3.63, 3.8) is 0 Å². The molecule has 17 heavy (non-hydrogen) atoms. The fraction of sp³-hybridized carbons (Fsp3) is 1.00. The Balaban J connectivity index is 1.80. The van der Waals surface area contributed by atoms with Crippen LogP contribution >= 0.6 is 0 Å². The van der Waals surface area contributed by atoms with Crippen molar-refractivity contribution >= 4 is 0 Å².